The summed E-state index contributed by atoms with van der Waals surface area (Å²) in [6.45, 7) is 0. The summed E-state index contributed by atoms with van der Waals surface area (Å²) in [6, 6.07) is 6.76. The third-order valence-electron chi connectivity index (χ3n) is 6.56. The summed E-state index contributed by atoms with van der Waals surface area (Å²) in [7, 11) is 3.45. The molecule has 170 valence electrons. The number of anilines is 1. The minimum Gasteiger partial charge on any atom is -0.507 e. The standard InChI is InChI=1S/C22H24FN9O/c1-31(16-9-13-4-3-5-15(26-13)20(16)23)19-11-25-22(29-28-19)14-7-6-12(8-17(14)33)21-27-18(10-24)32(2)30-21/h6-8,11,13,15-16,20,26,33H,3-5,9H2,1-2H3/t13-,15+,16+,20-/m1/s1. The predicted molar refractivity (Wildman–Crippen MR) is 118 cm³/mol. The molecule has 2 aliphatic heterocycles. The first kappa shape index (κ1) is 21.2. The maximum atomic E-state index is 15.0. The van der Waals surface area contributed by atoms with Crippen LogP contribution in [-0.2, 0) is 7.05 Å². The number of aromatic nitrogens is 6. The highest BCUT2D eigenvalue weighted by Crippen LogP contribution is 2.33. The molecule has 1 aromatic carbocycles. The van der Waals surface area contributed by atoms with Gasteiger partial charge in [0.05, 0.1) is 17.8 Å². The summed E-state index contributed by atoms with van der Waals surface area (Å²) in [4.78, 5) is 10.3. The quantitative estimate of drug-likeness (QED) is 0.614. The maximum absolute atomic E-state index is 15.0. The van der Waals surface area contributed by atoms with Crippen molar-refractivity contribution in [3.8, 4) is 34.6 Å². The van der Waals surface area contributed by atoms with Crippen molar-refractivity contribution in [3.05, 3.63) is 30.2 Å². The van der Waals surface area contributed by atoms with Crippen LogP contribution in [-0.4, -0.2) is 66.4 Å². The molecule has 33 heavy (non-hydrogen) atoms. The molecule has 0 saturated carbocycles. The first-order valence-corrected chi connectivity index (χ1v) is 10.9. The van der Waals surface area contributed by atoms with E-state index in [0.29, 0.717) is 28.8 Å². The molecule has 3 aromatic rings. The van der Waals surface area contributed by atoms with Gasteiger partial charge in [-0.3, -0.25) is 0 Å². The average Bonchev–Trinajstić information content (AvgIpc) is 3.22. The fraction of sp³-hybridized carbons (Fsp3) is 0.455. The molecule has 2 bridgehead atoms. The Balaban J connectivity index is 1.35. The van der Waals surface area contributed by atoms with E-state index in [1.807, 2.05) is 18.0 Å². The Morgan fingerprint density at radius 2 is 2.12 bits per heavy atom. The lowest BCUT2D eigenvalue weighted by Crippen LogP contribution is -2.61. The number of nitrogens with zero attached hydrogens (tertiary/aromatic N) is 8. The van der Waals surface area contributed by atoms with E-state index in [4.69, 9.17) is 5.26 Å². The molecular weight excluding hydrogens is 425 g/mol. The Morgan fingerprint density at radius 1 is 1.27 bits per heavy atom. The Kier molecular flexibility index (Phi) is 5.38. The van der Waals surface area contributed by atoms with E-state index in [1.165, 1.54) is 10.7 Å². The number of nitriles is 1. The van der Waals surface area contributed by atoms with E-state index in [-0.39, 0.29) is 29.5 Å². The number of aromatic hydroxyl groups is 1. The van der Waals surface area contributed by atoms with Crippen LogP contribution in [0.1, 0.15) is 31.5 Å². The van der Waals surface area contributed by atoms with Gasteiger partial charge in [-0.2, -0.15) is 15.3 Å². The lowest BCUT2D eigenvalue weighted by atomic mass is 9.82. The molecule has 4 heterocycles. The van der Waals surface area contributed by atoms with E-state index < -0.39 is 6.17 Å². The van der Waals surface area contributed by atoms with E-state index in [2.05, 4.69) is 30.6 Å². The molecule has 2 aliphatic rings. The van der Waals surface area contributed by atoms with Crippen LogP contribution in [0.4, 0.5) is 10.2 Å². The molecule has 11 heteroatoms. The first-order valence-electron chi connectivity index (χ1n) is 10.9. The van der Waals surface area contributed by atoms with Crippen LogP contribution in [0, 0.1) is 11.3 Å². The van der Waals surface area contributed by atoms with Crippen molar-refractivity contribution in [3.63, 3.8) is 0 Å². The summed E-state index contributed by atoms with van der Waals surface area (Å²) < 4.78 is 16.4. The normalized spacial score (nSPS) is 24.3. The largest absolute Gasteiger partial charge is 0.507 e. The molecule has 0 amide bonds. The number of halogens is 1. The molecule has 2 saturated heterocycles. The monoisotopic (exact) mass is 449 g/mol. The van der Waals surface area contributed by atoms with E-state index in [9.17, 15) is 5.11 Å². The number of rotatable bonds is 4. The van der Waals surface area contributed by atoms with E-state index in [0.717, 1.165) is 25.7 Å². The van der Waals surface area contributed by atoms with Crippen LogP contribution in [0.2, 0.25) is 0 Å². The number of phenols is 1. The van der Waals surface area contributed by atoms with Crippen LogP contribution in [0.5, 0.6) is 5.75 Å². The van der Waals surface area contributed by atoms with Gasteiger partial charge < -0.3 is 15.3 Å². The molecule has 0 aliphatic carbocycles. The number of phenolic OH excluding ortho intramolecular Hbond substituents is 1. The predicted octanol–water partition coefficient (Wildman–Crippen LogP) is 1.97. The average molecular weight is 449 g/mol. The minimum atomic E-state index is -0.980. The zero-order valence-corrected chi connectivity index (χ0v) is 18.4. The summed E-state index contributed by atoms with van der Waals surface area (Å²) in [6.07, 6.45) is 4.28. The molecule has 2 N–H and O–H groups in total. The van der Waals surface area contributed by atoms with Crippen molar-refractivity contribution in [2.24, 2.45) is 7.05 Å². The second-order valence-corrected chi connectivity index (χ2v) is 8.63. The van der Waals surface area contributed by atoms with Gasteiger partial charge in [-0.05, 0) is 31.4 Å². The van der Waals surface area contributed by atoms with Crippen LogP contribution < -0.4 is 10.2 Å². The molecule has 0 unspecified atom stereocenters. The highest BCUT2D eigenvalue weighted by atomic mass is 19.1. The first-order chi connectivity index (χ1) is 15.9. The van der Waals surface area contributed by atoms with Crippen molar-refractivity contribution in [2.45, 2.75) is 50.0 Å². The van der Waals surface area contributed by atoms with Gasteiger partial charge in [0.25, 0.3) is 0 Å². The smallest absolute Gasteiger partial charge is 0.231 e. The summed E-state index contributed by atoms with van der Waals surface area (Å²) >= 11 is 0. The Hall–Kier alpha value is -3.65. The maximum Gasteiger partial charge on any atom is 0.231 e. The van der Waals surface area contributed by atoms with Gasteiger partial charge in [0.15, 0.2) is 17.5 Å². The summed E-state index contributed by atoms with van der Waals surface area (Å²) in [5, 5.41) is 35.6. The van der Waals surface area contributed by atoms with Gasteiger partial charge in [0, 0.05) is 31.7 Å². The Morgan fingerprint density at radius 3 is 2.82 bits per heavy atom. The number of benzene rings is 1. The second kappa shape index (κ2) is 8.37. The van der Waals surface area contributed by atoms with Gasteiger partial charge in [-0.1, -0.05) is 12.5 Å². The van der Waals surface area contributed by atoms with Crippen LogP contribution in [0.15, 0.2) is 24.4 Å². The minimum absolute atomic E-state index is 0.0589. The molecular formula is C22H24FN9O. The summed E-state index contributed by atoms with van der Waals surface area (Å²) in [5.74, 6) is 1.19. The topological polar surface area (TPSA) is 129 Å². The number of alkyl halides is 1. The molecule has 0 radical (unpaired) electrons. The van der Waals surface area contributed by atoms with Gasteiger partial charge in [0.1, 0.15) is 18.0 Å². The third kappa shape index (κ3) is 3.87. The van der Waals surface area contributed by atoms with Gasteiger partial charge in [0.2, 0.25) is 5.82 Å². The second-order valence-electron chi connectivity index (χ2n) is 8.63. The Bertz CT molecular complexity index is 1210. The van der Waals surface area contributed by atoms with Crippen molar-refractivity contribution in [1.82, 2.24) is 35.3 Å². The van der Waals surface area contributed by atoms with Gasteiger partial charge >= 0.3 is 0 Å². The number of fused-ring (bicyclic) bond motifs is 2. The number of nitrogens with one attached hydrogen (secondary N) is 1. The summed E-state index contributed by atoms with van der Waals surface area (Å²) in [5.41, 5.74) is 0.958. The van der Waals surface area contributed by atoms with E-state index in [1.54, 1.807) is 25.4 Å². The van der Waals surface area contributed by atoms with Crippen LogP contribution in [0.25, 0.3) is 22.8 Å². The fourth-order valence-electron chi connectivity index (χ4n) is 4.74. The van der Waals surface area contributed by atoms with Crippen molar-refractivity contribution >= 4 is 5.82 Å². The SMILES string of the molecule is CN(c1cnc(-c2ccc(-c3nc(C#N)n(C)n3)cc2O)nn1)[C@H]1C[C@H]2CCC[C@H](N2)[C@H]1F. The van der Waals surface area contributed by atoms with Crippen LogP contribution in [0.3, 0.4) is 0 Å². The molecule has 2 aromatic heterocycles. The zero-order chi connectivity index (χ0) is 23.1. The van der Waals surface area contributed by atoms with Crippen molar-refractivity contribution in [2.75, 3.05) is 11.9 Å². The van der Waals surface area contributed by atoms with Crippen molar-refractivity contribution < 1.29 is 9.50 Å². The fourth-order valence-corrected chi connectivity index (χ4v) is 4.74. The molecule has 10 nitrogen and oxygen atoms in total. The molecule has 5 rings (SSSR count). The van der Waals surface area contributed by atoms with E-state index >= 15 is 4.39 Å². The highest BCUT2D eigenvalue weighted by molar-refractivity contribution is 5.70. The van der Waals surface area contributed by atoms with Gasteiger partial charge in [-0.25, -0.2) is 14.1 Å². The lowest BCUT2D eigenvalue weighted by Gasteiger charge is -2.45. The highest BCUT2D eigenvalue weighted by Gasteiger charge is 2.42. The number of hydrogen-bond acceptors (Lipinski definition) is 9. The van der Waals surface area contributed by atoms with Crippen LogP contribution >= 0.6 is 0 Å². The zero-order valence-electron chi connectivity index (χ0n) is 18.4. The number of hydrogen-bond donors (Lipinski definition) is 2. The number of aryl methyl sites for hydroxylation is 1. The Labute approximate surface area is 190 Å². The molecule has 2 fully saturated rings. The number of piperidine rings is 2. The third-order valence-corrected chi connectivity index (χ3v) is 6.56. The lowest BCUT2D eigenvalue weighted by molar-refractivity contribution is 0.107. The molecule has 4 atom stereocenters. The van der Waals surface area contributed by atoms with Gasteiger partial charge in [-0.15, -0.1) is 10.2 Å². The molecule has 0 spiro atoms. The van der Waals surface area contributed by atoms with Crippen molar-refractivity contribution in [1.29, 1.82) is 5.26 Å².